The molecule has 2 N–H and O–H groups in total. The Labute approximate surface area is 101 Å². The first kappa shape index (κ1) is 13.2. The van der Waals surface area contributed by atoms with Crippen LogP contribution in [0.25, 0.3) is 0 Å². The fourth-order valence-electron chi connectivity index (χ4n) is 1.50. The van der Waals surface area contributed by atoms with Gasteiger partial charge in [-0.25, -0.2) is 0 Å². The largest absolute Gasteiger partial charge is 0.481 e. The number of benzene rings is 1. The fraction of sp³-hybridized carbons (Fsp3) is 0.385. The van der Waals surface area contributed by atoms with Gasteiger partial charge in [-0.1, -0.05) is 30.3 Å². The smallest absolute Gasteiger partial charge is 0.315 e. The molecule has 0 aromatic heterocycles. The van der Waals surface area contributed by atoms with E-state index in [1.807, 2.05) is 37.3 Å². The number of carbonyl (C=O) groups is 2. The molecule has 0 saturated heterocycles. The number of aliphatic carboxylic acids is 1. The number of carboxylic acids is 1. The molecule has 2 atom stereocenters. The van der Waals surface area contributed by atoms with Crippen molar-refractivity contribution in [2.24, 2.45) is 5.92 Å². The van der Waals surface area contributed by atoms with E-state index in [9.17, 15) is 9.59 Å². The molecule has 1 aromatic rings. The zero-order valence-electron chi connectivity index (χ0n) is 10.0. The van der Waals surface area contributed by atoms with Crippen molar-refractivity contribution in [3.05, 3.63) is 35.9 Å². The summed E-state index contributed by atoms with van der Waals surface area (Å²) in [5.74, 6) is -2.55. The van der Waals surface area contributed by atoms with Gasteiger partial charge in [-0.15, -0.1) is 0 Å². The lowest BCUT2D eigenvalue weighted by atomic mass is 10.1. The van der Waals surface area contributed by atoms with Gasteiger partial charge in [0.1, 0.15) is 5.92 Å². The maximum Gasteiger partial charge on any atom is 0.315 e. The van der Waals surface area contributed by atoms with Crippen LogP contribution in [0.1, 0.15) is 19.4 Å². The third-order valence-electron chi connectivity index (χ3n) is 2.54. The highest BCUT2D eigenvalue weighted by Gasteiger charge is 2.21. The summed E-state index contributed by atoms with van der Waals surface area (Å²) >= 11 is 0. The van der Waals surface area contributed by atoms with E-state index in [1.165, 1.54) is 6.92 Å². The van der Waals surface area contributed by atoms with Gasteiger partial charge in [-0.2, -0.15) is 0 Å². The van der Waals surface area contributed by atoms with Crippen LogP contribution in [0.5, 0.6) is 0 Å². The van der Waals surface area contributed by atoms with Crippen molar-refractivity contribution < 1.29 is 14.7 Å². The summed E-state index contributed by atoms with van der Waals surface area (Å²) in [5, 5.41) is 11.4. The van der Waals surface area contributed by atoms with Gasteiger partial charge in [0.15, 0.2) is 0 Å². The van der Waals surface area contributed by atoms with Crippen LogP contribution >= 0.6 is 0 Å². The van der Waals surface area contributed by atoms with Gasteiger partial charge >= 0.3 is 5.97 Å². The first-order valence-electron chi connectivity index (χ1n) is 5.58. The molecule has 4 heteroatoms. The van der Waals surface area contributed by atoms with E-state index >= 15 is 0 Å². The van der Waals surface area contributed by atoms with Gasteiger partial charge in [0.2, 0.25) is 5.91 Å². The van der Waals surface area contributed by atoms with Crippen LogP contribution in [0.3, 0.4) is 0 Å². The summed E-state index contributed by atoms with van der Waals surface area (Å²) in [6.45, 7) is 3.24. The molecule has 0 bridgehead atoms. The molecular weight excluding hydrogens is 218 g/mol. The molecule has 92 valence electrons. The van der Waals surface area contributed by atoms with Crippen molar-refractivity contribution in [3.63, 3.8) is 0 Å². The number of nitrogens with one attached hydrogen (secondary N) is 1. The average Bonchev–Trinajstić information content (AvgIpc) is 2.28. The Balaban J connectivity index is 2.47. The molecule has 1 aromatic carbocycles. The van der Waals surface area contributed by atoms with Gasteiger partial charge in [0.05, 0.1) is 0 Å². The molecule has 0 saturated carbocycles. The Hall–Kier alpha value is -1.84. The Morgan fingerprint density at radius 1 is 1.24 bits per heavy atom. The summed E-state index contributed by atoms with van der Waals surface area (Å²) in [5.41, 5.74) is 1.11. The fourth-order valence-corrected chi connectivity index (χ4v) is 1.50. The number of rotatable bonds is 5. The van der Waals surface area contributed by atoms with Crippen LogP contribution in [-0.4, -0.2) is 23.0 Å². The van der Waals surface area contributed by atoms with Crippen LogP contribution in [0, 0.1) is 5.92 Å². The van der Waals surface area contributed by atoms with Crippen LogP contribution in [0.2, 0.25) is 0 Å². The van der Waals surface area contributed by atoms with Gasteiger partial charge in [0.25, 0.3) is 0 Å². The van der Waals surface area contributed by atoms with Gasteiger partial charge < -0.3 is 10.4 Å². The average molecular weight is 235 g/mol. The molecule has 17 heavy (non-hydrogen) atoms. The standard InChI is InChI=1S/C13H17NO3/c1-9(8-11-6-4-3-5-7-11)14-12(15)10(2)13(16)17/h3-7,9-10H,8H2,1-2H3,(H,14,15)(H,16,17). The Bertz CT molecular complexity index is 389. The minimum Gasteiger partial charge on any atom is -0.481 e. The lowest BCUT2D eigenvalue weighted by Gasteiger charge is -2.15. The summed E-state index contributed by atoms with van der Waals surface area (Å²) in [6, 6.07) is 9.67. The Morgan fingerprint density at radius 3 is 2.35 bits per heavy atom. The van der Waals surface area contributed by atoms with E-state index in [-0.39, 0.29) is 6.04 Å². The second kappa shape index (κ2) is 6.03. The molecule has 0 heterocycles. The molecule has 4 nitrogen and oxygen atoms in total. The van der Waals surface area contributed by atoms with Crippen LogP contribution in [-0.2, 0) is 16.0 Å². The first-order valence-corrected chi connectivity index (χ1v) is 5.58. The quantitative estimate of drug-likeness (QED) is 0.759. The summed E-state index contributed by atoms with van der Waals surface area (Å²) < 4.78 is 0. The predicted molar refractivity (Wildman–Crippen MR) is 64.6 cm³/mol. The van der Waals surface area contributed by atoms with Crippen molar-refractivity contribution in [2.45, 2.75) is 26.3 Å². The summed E-state index contributed by atoms with van der Waals surface area (Å²) in [6.07, 6.45) is 0.693. The molecule has 0 aliphatic heterocycles. The molecule has 0 radical (unpaired) electrons. The Kier molecular flexibility index (Phi) is 4.69. The molecule has 0 aliphatic rings. The number of hydrogen-bond donors (Lipinski definition) is 2. The zero-order chi connectivity index (χ0) is 12.8. The predicted octanol–water partition coefficient (Wildman–Crippen LogP) is 1.45. The van der Waals surface area contributed by atoms with Crippen molar-refractivity contribution in [2.75, 3.05) is 0 Å². The van der Waals surface area contributed by atoms with E-state index in [1.54, 1.807) is 0 Å². The van der Waals surface area contributed by atoms with Crippen molar-refractivity contribution in [1.82, 2.24) is 5.32 Å². The Morgan fingerprint density at radius 2 is 1.82 bits per heavy atom. The number of hydrogen-bond acceptors (Lipinski definition) is 2. The lowest BCUT2D eigenvalue weighted by molar-refractivity contribution is -0.146. The number of carboxylic acid groups (broad SMARTS) is 1. The van der Waals surface area contributed by atoms with Crippen molar-refractivity contribution in [3.8, 4) is 0 Å². The van der Waals surface area contributed by atoms with Gasteiger partial charge in [0, 0.05) is 6.04 Å². The normalized spacial score (nSPS) is 13.8. The highest BCUT2D eigenvalue weighted by atomic mass is 16.4. The van der Waals surface area contributed by atoms with Gasteiger partial charge in [-0.3, -0.25) is 9.59 Å². The minimum absolute atomic E-state index is 0.0771. The minimum atomic E-state index is -1.10. The molecule has 0 aliphatic carbocycles. The maximum atomic E-state index is 11.5. The van der Waals surface area contributed by atoms with E-state index in [4.69, 9.17) is 5.11 Å². The first-order chi connectivity index (χ1) is 8.00. The monoisotopic (exact) mass is 235 g/mol. The second-order valence-electron chi connectivity index (χ2n) is 4.16. The highest BCUT2D eigenvalue weighted by Crippen LogP contribution is 2.04. The van der Waals surface area contributed by atoms with Crippen molar-refractivity contribution in [1.29, 1.82) is 0 Å². The van der Waals surface area contributed by atoms with E-state index < -0.39 is 17.8 Å². The van der Waals surface area contributed by atoms with Crippen LogP contribution in [0.4, 0.5) is 0 Å². The van der Waals surface area contributed by atoms with E-state index in [2.05, 4.69) is 5.32 Å². The molecule has 0 fully saturated rings. The molecule has 1 rings (SSSR count). The second-order valence-corrected chi connectivity index (χ2v) is 4.16. The molecular formula is C13H17NO3. The number of amides is 1. The third-order valence-corrected chi connectivity index (χ3v) is 2.54. The zero-order valence-corrected chi connectivity index (χ0v) is 10.0. The van der Waals surface area contributed by atoms with Gasteiger partial charge in [-0.05, 0) is 25.8 Å². The lowest BCUT2D eigenvalue weighted by Crippen LogP contribution is -2.40. The maximum absolute atomic E-state index is 11.5. The van der Waals surface area contributed by atoms with Crippen molar-refractivity contribution >= 4 is 11.9 Å². The third kappa shape index (κ3) is 4.26. The van der Waals surface area contributed by atoms with E-state index in [0.717, 1.165) is 5.56 Å². The van der Waals surface area contributed by atoms with E-state index in [0.29, 0.717) is 6.42 Å². The molecule has 1 amide bonds. The molecule has 0 spiro atoms. The SMILES string of the molecule is CC(Cc1ccccc1)NC(=O)C(C)C(=O)O. The van der Waals surface area contributed by atoms with Crippen LogP contribution in [0.15, 0.2) is 30.3 Å². The highest BCUT2D eigenvalue weighted by molar-refractivity contribution is 5.96. The van der Waals surface area contributed by atoms with Crippen LogP contribution < -0.4 is 5.32 Å². The molecule has 2 unspecified atom stereocenters. The number of carbonyl (C=O) groups excluding carboxylic acids is 1. The summed E-state index contributed by atoms with van der Waals surface area (Å²) in [7, 11) is 0. The topological polar surface area (TPSA) is 66.4 Å². The summed E-state index contributed by atoms with van der Waals surface area (Å²) in [4.78, 5) is 22.1.